The predicted molar refractivity (Wildman–Crippen MR) is 80.2 cm³/mol. The molecular weight excluding hydrogens is 270 g/mol. The van der Waals surface area contributed by atoms with E-state index in [0.29, 0.717) is 18.9 Å². The summed E-state index contributed by atoms with van der Waals surface area (Å²) in [6.45, 7) is 6.38. The number of nitrogens with zero attached hydrogens (tertiary/aromatic N) is 1. The lowest BCUT2D eigenvalue weighted by Gasteiger charge is -2.21. The Balaban J connectivity index is 2.51. The van der Waals surface area contributed by atoms with Crippen molar-refractivity contribution in [1.29, 1.82) is 0 Å². The van der Waals surface area contributed by atoms with Crippen LogP contribution in [0.25, 0.3) is 0 Å². The van der Waals surface area contributed by atoms with E-state index in [1.54, 1.807) is 6.92 Å². The van der Waals surface area contributed by atoms with E-state index in [4.69, 9.17) is 9.47 Å². The molecule has 0 heterocycles. The van der Waals surface area contributed by atoms with E-state index in [9.17, 15) is 9.59 Å². The monoisotopic (exact) mass is 293 g/mol. The second-order valence-corrected chi connectivity index (χ2v) is 4.72. The molecule has 0 unspecified atom stereocenters. The number of rotatable bonds is 8. The van der Waals surface area contributed by atoms with Crippen LogP contribution in [0.5, 0.6) is 5.75 Å². The number of aryl methyl sites for hydroxylation is 1. The Labute approximate surface area is 125 Å². The van der Waals surface area contributed by atoms with Crippen LogP contribution in [0, 0.1) is 6.92 Å². The molecule has 0 aliphatic rings. The molecule has 0 saturated carbocycles. The highest BCUT2D eigenvalue weighted by atomic mass is 16.5. The Morgan fingerprint density at radius 1 is 1.14 bits per heavy atom. The third kappa shape index (κ3) is 6.29. The van der Waals surface area contributed by atoms with Crippen molar-refractivity contribution < 1.29 is 19.1 Å². The first-order valence-electron chi connectivity index (χ1n) is 7.19. The Hall–Kier alpha value is -2.04. The van der Waals surface area contributed by atoms with Gasteiger partial charge in [-0.1, -0.05) is 24.6 Å². The molecule has 1 aromatic carbocycles. The number of carbonyl (C=O) groups is 2. The molecule has 5 heteroatoms. The average Bonchev–Trinajstić information content (AvgIpc) is 2.46. The SMILES string of the molecule is CCCN(CC(=O)OCC)C(=O)COc1ccc(C)cc1. The minimum atomic E-state index is -0.394. The fraction of sp³-hybridized carbons (Fsp3) is 0.500. The normalized spacial score (nSPS) is 10.0. The highest BCUT2D eigenvalue weighted by molar-refractivity contribution is 5.83. The van der Waals surface area contributed by atoms with Crippen LogP contribution in [-0.2, 0) is 14.3 Å². The van der Waals surface area contributed by atoms with Crippen molar-refractivity contribution in [3.05, 3.63) is 29.8 Å². The van der Waals surface area contributed by atoms with Crippen molar-refractivity contribution in [3.63, 3.8) is 0 Å². The first-order chi connectivity index (χ1) is 10.1. The van der Waals surface area contributed by atoms with Crippen molar-refractivity contribution >= 4 is 11.9 Å². The zero-order valence-electron chi connectivity index (χ0n) is 12.9. The van der Waals surface area contributed by atoms with Gasteiger partial charge in [0.25, 0.3) is 5.91 Å². The van der Waals surface area contributed by atoms with Gasteiger partial charge in [-0.2, -0.15) is 0 Å². The second kappa shape index (κ2) is 9.00. The molecule has 5 nitrogen and oxygen atoms in total. The van der Waals surface area contributed by atoms with Crippen LogP contribution in [0.2, 0.25) is 0 Å². The summed E-state index contributed by atoms with van der Waals surface area (Å²) in [5, 5.41) is 0. The van der Waals surface area contributed by atoms with Gasteiger partial charge in [-0.05, 0) is 32.4 Å². The molecule has 0 radical (unpaired) electrons. The van der Waals surface area contributed by atoms with E-state index in [1.807, 2.05) is 38.1 Å². The van der Waals surface area contributed by atoms with Gasteiger partial charge in [0.2, 0.25) is 0 Å². The van der Waals surface area contributed by atoms with Crippen LogP contribution < -0.4 is 4.74 Å². The van der Waals surface area contributed by atoms with Crippen LogP contribution in [0.4, 0.5) is 0 Å². The molecule has 1 amide bonds. The van der Waals surface area contributed by atoms with Gasteiger partial charge in [0.1, 0.15) is 12.3 Å². The number of amides is 1. The van der Waals surface area contributed by atoms with E-state index >= 15 is 0 Å². The molecule has 1 rings (SSSR count). The van der Waals surface area contributed by atoms with E-state index in [1.165, 1.54) is 4.90 Å². The number of ether oxygens (including phenoxy) is 2. The van der Waals surface area contributed by atoms with Gasteiger partial charge in [0.15, 0.2) is 6.61 Å². The average molecular weight is 293 g/mol. The van der Waals surface area contributed by atoms with Crippen LogP contribution in [0.15, 0.2) is 24.3 Å². The first kappa shape index (κ1) is 17.0. The predicted octanol–water partition coefficient (Wildman–Crippen LogP) is 2.18. The van der Waals surface area contributed by atoms with Gasteiger partial charge >= 0.3 is 5.97 Å². The van der Waals surface area contributed by atoms with Gasteiger partial charge in [0.05, 0.1) is 6.61 Å². The number of hydrogen-bond donors (Lipinski definition) is 0. The minimum absolute atomic E-state index is 0.0300. The zero-order chi connectivity index (χ0) is 15.7. The van der Waals surface area contributed by atoms with Gasteiger partial charge in [-0.3, -0.25) is 9.59 Å². The molecule has 0 aliphatic heterocycles. The molecule has 0 saturated heterocycles. The summed E-state index contributed by atoms with van der Waals surface area (Å²) in [7, 11) is 0. The number of benzene rings is 1. The molecule has 116 valence electrons. The van der Waals surface area contributed by atoms with Crippen LogP contribution in [-0.4, -0.2) is 43.1 Å². The van der Waals surface area contributed by atoms with Gasteiger partial charge in [-0.25, -0.2) is 0 Å². The smallest absolute Gasteiger partial charge is 0.325 e. The maximum Gasteiger partial charge on any atom is 0.325 e. The van der Waals surface area contributed by atoms with Crippen molar-refractivity contribution in [3.8, 4) is 5.75 Å². The Morgan fingerprint density at radius 2 is 1.81 bits per heavy atom. The molecule has 21 heavy (non-hydrogen) atoms. The van der Waals surface area contributed by atoms with Gasteiger partial charge in [0, 0.05) is 6.54 Å². The maximum absolute atomic E-state index is 12.1. The van der Waals surface area contributed by atoms with E-state index in [0.717, 1.165) is 12.0 Å². The largest absolute Gasteiger partial charge is 0.484 e. The summed E-state index contributed by atoms with van der Waals surface area (Å²) < 4.78 is 10.3. The van der Waals surface area contributed by atoms with E-state index in [-0.39, 0.29) is 19.1 Å². The van der Waals surface area contributed by atoms with Crippen molar-refractivity contribution in [2.45, 2.75) is 27.2 Å². The first-order valence-corrected chi connectivity index (χ1v) is 7.19. The summed E-state index contributed by atoms with van der Waals surface area (Å²) >= 11 is 0. The number of esters is 1. The molecule has 0 aliphatic carbocycles. The summed E-state index contributed by atoms with van der Waals surface area (Å²) in [6.07, 6.45) is 0.773. The molecular formula is C16H23NO4. The molecule has 0 bridgehead atoms. The summed E-state index contributed by atoms with van der Waals surface area (Å²) in [6, 6.07) is 7.47. The highest BCUT2D eigenvalue weighted by Crippen LogP contribution is 2.11. The molecule has 0 spiro atoms. The Kier molecular flexibility index (Phi) is 7.29. The van der Waals surface area contributed by atoms with Crippen molar-refractivity contribution in [2.75, 3.05) is 26.3 Å². The molecule has 0 aromatic heterocycles. The highest BCUT2D eigenvalue weighted by Gasteiger charge is 2.17. The van der Waals surface area contributed by atoms with Crippen LogP contribution >= 0.6 is 0 Å². The topological polar surface area (TPSA) is 55.8 Å². The lowest BCUT2D eigenvalue weighted by Crippen LogP contribution is -2.39. The van der Waals surface area contributed by atoms with Crippen molar-refractivity contribution in [1.82, 2.24) is 4.90 Å². The fourth-order valence-electron chi connectivity index (χ4n) is 1.80. The molecule has 0 atom stereocenters. The summed E-state index contributed by atoms with van der Waals surface area (Å²) in [5.41, 5.74) is 1.13. The lowest BCUT2D eigenvalue weighted by atomic mass is 10.2. The van der Waals surface area contributed by atoms with Gasteiger partial charge < -0.3 is 14.4 Å². The molecule has 1 aromatic rings. The minimum Gasteiger partial charge on any atom is -0.484 e. The Bertz CT molecular complexity index is 456. The standard InChI is InChI=1S/C16H23NO4/c1-4-10-17(11-16(19)20-5-2)15(18)12-21-14-8-6-13(3)7-9-14/h6-9H,4-5,10-12H2,1-3H3. The second-order valence-electron chi connectivity index (χ2n) is 4.72. The van der Waals surface area contributed by atoms with Gasteiger partial charge in [-0.15, -0.1) is 0 Å². The molecule has 0 N–H and O–H groups in total. The van der Waals surface area contributed by atoms with E-state index < -0.39 is 5.97 Å². The lowest BCUT2D eigenvalue weighted by molar-refractivity contribution is -0.149. The quantitative estimate of drug-likeness (QED) is 0.689. The summed E-state index contributed by atoms with van der Waals surface area (Å²) in [5.74, 6) is 0.0293. The zero-order valence-corrected chi connectivity index (χ0v) is 12.9. The Morgan fingerprint density at radius 3 is 2.38 bits per heavy atom. The number of hydrogen-bond acceptors (Lipinski definition) is 4. The van der Waals surface area contributed by atoms with Crippen LogP contribution in [0.3, 0.4) is 0 Å². The van der Waals surface area contributed by atoms with E-state index in [2.05, 4.69) is 0 Å². The third-order valence-corrected chi connectivity index (χ3v) is 2.85. The van der Waals surface area contributed by atoms with Crippen LogP contribution in [0.1, 0.15) is 25.8 Å². The third-order valence-electron chi connectivity index (χ3n) is 2.85. The van der Waals surface area contributed by atoms with Crippen molar-refractivity contribution in [2.24, 2.45) is 0 Å². The maximum atomic E-state index is 12.1. The number of carbonyl (C=O) groups excluding carboxylic acids is 2. The summed E-state index contributed by atoms with van der Waals surface area (Å²) in [4.78, 5) is 25.1. The molecule has 0 fully saturated rings. The fourth-order valence-corrected chi connectivity index (χ4v) is 1.80.